The highest BCUT2D eigenvalue weighted by molar-refractivity contribution is 6.08. The first-order valence-corrected chi connectivity index (χ1v) is 3.09. The van der Waals surface area contributed by atoms with Gasteiger partial charge in [0.1, 0.15) is 0 Å². The molecule has 0 spiro atoms. The largest absolute Gasteiger partial charge is 0.0716 e. The minimum atomic E-state index is 0.646. The molecule has 0 aliphatic rings. The van der Waals surface area contributed by atoms with Crippen LogP contribution in [0.5, 0.6) is 0 Å². The molecule has 1 heteroatoms. The van der Waals surface area contributed by atoms with E-state index in [1.54, 1.807) is 0 Å². The lowest BCUT2D eigenvalue weighted by Gasteiger charge is -1.98. The van der Waals surface area contributed by atoms with Gasteiger partial charge < -0.3 is 0 Å². The van der Waals surface area contributed by atoms with E-state index >= 15 is 0 Å². The summed E-state index contributed by atoms with van der Waals surface area (Å²) in [6.45, 7) is 2.07. The summed E-state index contributed by atoms with van der Waals surface area (Å²) >= 11 is 0. The molecule has 0 bridgehead atoms. The van der Waals surface area contributed by atoms with Crippen molar-refractivity contribution in [2.75, 3.05) is 0 Å². The summed E-state index contributed by atoms with van der Waals surface area (Å²) in [5.41, 5.74) is 2.51. The molecule has 1 aromatic carbocycles. The molecule has 0 saturated heterocycles. The molecule has 0 unspecified atom stereocenters. The fourth-order valence-electron chi connectivity index (χ4n) is 0.839. The van der Waals surface area contributed by atoms with E-state index in [4.69, 9.17) is 7.85 Å². The standard InChI is InChI=1S/C8H9B/c1-7-4-2-3-5-8(7)6-9/h2-5H,6H2,1H3. The Labute approximate surface area is 57.3 Å². The third-order valence-electron chi connectivity index (χ3n) is 1.48. The molecule has 0 aromatic heterocycles. The van der Waals surface area contributed by atoms with Gasteiger partial charge in [0.2, 0.25) is 0 Å². The first-order valence-electron chi connectivity index (χ1n) is 3.09. The maximum Gasteiger partial charge on any atom is 0.0716 e. The molecule has 0 aliphatic carbocycles. The van der Waals surface area contributed by atoms with Crippen LogP contribution in [0.4, 0.5) is 0 Å². The Morgan fingerprint density at radius 3 is 2.44 bits per heavy atom. The van der Waals surface area contributed by atoms with Gasteiger partial charge in [-0.1, -0.05) is 36.1 Å². The molecule has 0 saturated carbocycles. The quantitative estimate of drug-likeness (QED) is 0.489. The van der Waals surface area contributed by atoms with Crippen molar-refractivity contribution in [1.82, 2.24) is 0 Å². The minimum Gasteiger partial charge on any atom is -0.0641 e. The third-order valence-corrected chi connectivity index (χ3v) is 1.48. The lowest BCUT2D eigenvalue weighted by molar-refractivity contribution is 1.30. The maximum atomic E-state index is 5.45. The molecule has 0 N–H and O–H groups in total. The van der Waals surface area contributed by atoms with Crippen LogP contribution in [-0.4, -0.2) is 7.85 Å². The van der Waals surface area contributed by atoms with Crippen LogP contribution in [-0.2, 0) is 6.32 Å². The van der Waals surface area contributed by atoms with Crippen LogP contribution in [0.1, 0.15) is 11.1 Å². The molecule has 0 aliphatic heterocycles. The second-order valence-corrected chi connectivity index (χ2v) is 2.13. The molecule has 44 valence electrons. The number of rotatable bonds is 1. The van der Waals surface area contributed by atoms with E-state index in [1.165, 1.54) is 11.1 Å². The zero-order valence-electron chi connectivity index (χ0n) is 5.59. The van der Waals surface area contributed by atoms with Crippen molar-refractivity contribution in [1.29, 1.82) is 0 Å². The predicted molar refractivity (Wildman–Crippen MR) is 40.6 cm³/mol. The number of hydrogen-bond acceptors (Lipinski definition) is 0. The topological polar surface area (TPSA) is 0 Å². The molecular formula is C8H9B. The van der Waals surface area contributed by atoms with Crippen LogP contribution < -0.4 is 0 Å². The highest BCUT2D eigenvalue weighted by atomic mass is 13.9. The summed E-state index contributed by atoms with van der Waals surface area (Å²) in [5.74, 6) is 0. The molecule has 1 rings (SSSR count). The smallest absolute Gasteiger partial charge is 0.0641 e. The van der Waals surface area contributed by atoms with Crippen LogP contribution in [0.15, 0.2) is 24.3 Å². The molecule has 1 aromatic rings. The number of benzene rings is 1. The first kappa shape index (κ1) is 6.41. The SMILES string of the molecule is [B]Cc1ccccc1C. The Morgan fingerprint density at radius 2 is 2.00 bits per heavy atom. The summed E-state index contributed by atoms with van der Waals surface area (Å²) in [6.07, 6.45) is 0.646. The van der Waals surface area contributed by atoms with E-state index in [1.807, 2.05) is 12.1 Å². The van der Waals surface area contributed by atoms with E-state index in [-0.39, 0.29) is 0 Å². The zero-order valence-corrected chi connectivity index (χ0v) is 5.59. The summed E-state index contributed by atoms with van der Waals surface area (Å²) in [6, 6.07) is 8.15. The van der Waals surface area contributed by atoms with Gasteiger partial charge in [-0.05, 0) is 12.5 Å². The lowest BCUT2D eigenvalue weighted by Crippen LogP contribution is -1.86. The average Bonchev–Trinajstić information content (AvgIpc) is 1.89. The van der Waals surface area contributed by atoms with Gasteiger partial charge in [-0.25, -0.2) is 0 Å². The fourth-order valence-corrected chi connectivity index (χ4v) is 0.839. The normalized spacial score (nSPS) is 9.44. The highest BCUT2D eigenvalue weighted by Gasteiger charge is 1.89. The molecule has 0 amide bonds. The van der Waals surface area contributed by atoms with E-state index in [9.17, 15) is 0 Å². The Morgan fingerprint density at radius 1 is 1.33 bits per heavy atom. The second-order valence-electron chi connectivity index (χ2n) is 2.13. The molecular weight excluding hydrogens is 107 g/mol. The monoisotopic (exact) mass is 116 g/mol. The third kappa shape index (κ3) is 1.35. The zero-order chi connectivity index (χ0) is 6.69. The minimum absolute atomic E-state index is 0.646. The summed E-state index contributed by atoms with van der Waals surface area (Å²) in [7, 11) is 5.45. The molecule has 0 heterocycles. The van der Waals surface area contributed by atoms with Crippen LogP contribution in [0.2, 0.25) is 0 Å². The molecule has 2 radical (unpaired) electrons. The number of hydrogen-bond donors (Lipinski definition) is 0. The van der Waals surface area contributed by atoms with Crippen LogP contribution >= 0.6 is 0 Å². The van der Waals surface area contributed by atoms with Crippen molar-refractivity contribution in [3.8, 4) is 0 Å². The van der Waals surface area contributed by atoms with E-state index in [2.05, 4.69) is 19.1 Å². The van der Waals surface area contributed by atoms with Gasteiger partial charge in [-0.15, -0.1) is 0 Å². The fraction of sp³-hybridized carbons (Fsp3) is 0.250. The summed E-state index contributed by atoms with van der Waals surface area (Å²) in [4.78, 5) is 0. The maximum absolute atomic E-state index is 5.45. The average molecular weight is 116 g/mol. The lowest BCUT2D eigenvalue weighted by atomic mass is 9.94. The molecule has 9 heavy (non-hydrogen) atoms. The van der Waals surface area contributed by atoms with Crippen LogP contribution in [0, 0.1) is 6.92 Å². The van der Waals surface area contributed by atoms with E-state index in [0.29, 0.717) is 6.32 Å². The number of aryl methyl sites for hydroxylation is 1. The molecule has 0 nitrogen and oxygen atoms in total. The van der Waals surface area contributed by atoms with Crippen molar-refractivity contribution in [3.05, 3.63) is 35.4 Å². The van der Waals surface area contributed by atoms with Crippen LogP contribution in [0.3, 0.4) is 0 Å². The van der Waals surface area contributed by atoms with Crippen molar-refractivity contribution in [2.24, 2.45) is 0 Å². The summed E-state index contributed by atoms with van der Waals surface area (Å²) < 4.78 is 0. The Balaban J connectivity index is 3.01. The van der Waals surface area contributed by atoms with Gasteiger partial charge in [0.05, 0.1) is 7.85 Å². The van der Waals surface area contributed by atoms with Crippen molar-refractivity contribution in [2.45, 2.75) is 13.2 Å². The van der Waals surface area contributed by atoms with Gasteiger partial charge >= 0.3 is 0 Å². The Bertz CT molecular complexity index is 194. The van der Waals surface area contributed by atoms with Crippen molar-refractivity contribution >= 4 is 7.85 Å². The predicted octanol–water partition coefficient (Wildman–Crippen LogP) is 1.66. The van der Waals surface area contributed by atoms with Gasteiger partial charge in [0, 0.05) is 0 Å². The van der Waals surface area contributed by atoms with Gasteiger partial charge in [-0.3, -0.25) is 0 Å². The molecule has 0 fully saturated rings. The Kier molecular flexibility index (Phi) is 1.94. The van der Waals surface area contributed by atoms with E-state index < -0.39 is 0 Å². The van der Waals surface area contributed by atoms with Crippen molar-refractivity contribution < 1.29 is 0 Å². The van der Waals surface area contributed by atoms with Crippen LogP contribution in [0.25, 0.3) is 0 Å². The van der Waals surface area contributed by atoms with Gasteiger partial charge in [0.25, 0.3) is 0 Å². The second kappa shape index (κ2) is 2.72. The summed E-state index contributed by atoms with van der Waals surface area (Å²) in [5, 5.41) is 0. The first-order chi connectivity index (χ1) is 4.34. The highest BCUT2D eigenvalue weighted by Crippen LogP contribution is 2.04. The van der Waals surface area contributed by atoms with Gasteiger partial charge in [-0.2, -0.15) is 0 Å². The van der Waals surface area contributed by atoms with Gasteiger partial charge in [0.15, 0.2) is 0 Å². The Hall–Kier alpha value is -0.715. The van der Waals surface area contributed by atoms with E-state index in [0.717, 1.165) is 0 Å². The van der Waals surface area contributed by atoms with Crippen molar-refractivity contribution in [3.63, 3.8) is 0 Å². The molecule has 0 atom stereocenters.